The number of rotatable bonds is 3. The summed E-state index contributed by atoms with van der Waals surface area (Å²) < 4.78 is 14.6. The largest absolute Gasteiger partial charge is 0.340 e. The third kappa shape index (κ3) is 3.73. The first-order valence-electron chi connectivity index (χ1n) is 8.22. The van der Waals surface area contributed by atoms with Crippen molar-refractivity contribution < 1.29 is 14.0 Å². The lowest BCUT2D eigenvalue weighted by Crippen LogP contribution is -2.33. The molecular formula is C19H21FN2O3. The minimum absolute atomic E-state index is 0.132. The number of halogens is 1. The fraction of sp³-hybridized carbons (Fsp3) is 0.368. The lowest BCUT2D eigenvalue weighted by molar-refractivity contribution is -0.154. The average Bonchev–Trinajstić information content (AvgIpc) is 2.91. The Hall–Kier alpha value is -2.63. The highest BCUT2D eigenvalue weighted by molar-refractivity contribution is 5.77. The van der Waals surface area contributed by atoms with Gasteiger partial charge in [0, 0.05) is 12.3 Å². The number of anilines is 1. The molecule has 1 aromatic carbocycles. The van der Waals surface area contributed by atoms with Gasteiger partial charge in [-0.3, -0.25) is 4.79 Å². The zero-order valence-electron chi connectivity index (χ0n) is 14.6. The Morgan fingerprint density at radius 1 is 1.24 bits per heavy atom. The maximum absolute atomic E-state index is 13.0. The van der Waals surface area contributed by atoms with E-state index in [1.165, 1.54) is 16.7 Å². The predicted molar refractivity (Wildman–Crippen MR) is 92.8 cm³/mol. The van der Waals surface area contributed by atoms with Crippen molar-refractivity contribution >= 4 is 11.7 Å². The van der Waals surface area contributed by atoms with E-state index in [0.717, 1.165) is 16.8 Å². The number of benzene rings is 1. The van der Waals surface area contributed by atoms with Crippen LogP contribution in [0.1, 0.15) is 31.9 Å². The first-order chi connectivity index (χ1) is 11.7. The van der Waals surface area contributed by atoms with Gasteiger partial charge in [-0.25, -0.2) is 14.2 Å². The van der Waals surface area contributed by atoms with Crippen LogP contribution >= 0.6 is 0 Å². The SMILES string of the molecule is CC(C)(C)C(=O)ON1CCc2cc(=O)n(Cc3ccc(F)cc3)cc21. The Morgan fingerprint density at radius 3 is 2.56 bits per heavy atom. The summed E-state index contributed by atoms with van der Waals surface area (Å²) in [5.41, 5.74) is 1.67. The summed E-state index contributed by atoms with van der Waals surface area (Å²) in [6, 6.07) is 7.60. The minimum atomic E-state index is -0.606. The highest BCUT2D eigenvalue weighted by atomic mass is 19.1. The van der Waals surface area contributed by atoms with Gasteiger partial charge >= 0.3 is 5.97 Å². The second-order valence-electron chi connectivity index (χ2n) is 7.26. The number of fused-ring (bicyclic) bond motifs is 1. The molecule has 132 valence electrons. The van der Waals surface area contributed by atoms with Crippen molar-refractivity contribution in [3.63, 3.8) is 0 Å². The van der Waals surface area contributed by atoms with E-state index in [4.69, 9.17) is 4.84 Å². The molecule has 0 unspecified atom stereocenters. The molecule has 1 aliphatic rings. The predicted octanol–water partition coefficient (Wildman–Crippen LogP) is 2.90. The van der Waals surface area contributed by atoms with Crippen molar-refractivity contribution in [2.75, 3.05) is 11.6 Å². The zero-order valence-corrected chi connectivity index (χ0v) is 14.6. The molecule has 0 atom stereocenters. The van der Waals surface area contributed by atoms with Crippen LogP contribution in [0.4, 0.5) is 10.1 Å². The topological polar surface area (TPSA) is 51.5 Å². The Morgan fingerprint density at radius 2 is 1.92 bits per heavy atom. The lowest BCUT2D eigenvalue weighted by Gasteiger charge is -2.24. The van der Waals surface area contributed by atoms with E-state index in [-0.39, 0.29) is 17.3 Å². The number of carbonyl (C=O) groups excluding carboxylic acids is 1. The molecule has 2 heterocycles. The highest BCUT2D eigenvalue weighted by Crippen LogP contribution is 2.28. The van der Waals surface area contributed by atoms with E-state index in [1.54, 1.807) is 50.2 Å². The van der Waals surface area contributed by atoms with Crippen LogP contribution in [-0.4, -0.2) is 17.1 Å². The van der Waals surface area contributed by atoms with Crippen molar-refractivity contribution in [1.82, 2.24) is 4.57 Å². The Labute approximate surface area is 145 Å². The normalized spacial score (nSPS) is 13.7. The van der Waals surface area contributed by atoms with Crippen LogP contribution in [-0.2, 0) is 22.6 Å². The fourth-order valence-corrected chi connectivity index (χ4v) is 2.61. The van der Waals surface area contributed by atoms with Crippen LogP contribution in [0.2, 0.25) is 0 Å². The van der Waals surface area contributed by atoms with Gasteiger partial charge in [0.25, 0.3) is 5.56 Å². The van der Waals surface area contributed by atoms with Crippen molar-refractivity contribution in [3.05, 3.63) is 63.8 Å². The van der Waals surface area contributed by atoms with Gasteiger partial charge in [-0.2, -0.15) is 0 Å². The number of nitrogens with zero attached hydrogens (tertiary/aromatic N) is 2. The number of hydrogen-bond acceptors (Lipinski definition) is 4. The second kappa shape index (κ2) is 6.35. The van der Waals surface area contributed by atoms with Crippen molar-refractivity contribution in [2.45, 2.75) is 33.7 Å². The molecule has 0 aliphatic carbocycles. The standard InChI is InChI=1S/C19H21FN2O3/c1-19(2,3)18(24)25-22-9-8-14-10-17(23)21(12-16(14)22)11-13-4-6-15(20)7-5-13/h4-7,10,12H,8-9,11H2,1-3H3. The third-order valence-electron chi connectivity index (χ3n) is 4.11. The number of hydroxylamine groups is 1. The molecule has 5 nitrogen and oxygen atoms in total. The van der Waals surface area contributed by atoms with Gasteiger partial charge < -0.3 is 9.40 Å². The van der Waals surface area contributed by atoms with E-state index in [0.29, 0.717) is 19.5 Å². The van der Waals surface area contributed by atoms with E-state index in [9.17, 15) is 14.0 Å². The average molecular weight is 344 g/mol. The molecule has 1 aliphatic heterocycles. The molecule has 0 saturated heterocycles. The zero-order chi connectivity index (χ0) is 18.2. The van der Waals surface area contributed by atoms with E-state index < -0.39 is 5.41 Å². The molecular weight excluding hydrogens is 323 g/mol. The lowest BCUT2D eigenvalue weighted by atomic mass is 9.98. The maximum atomic E-state index is 13.0. The first kappa shape index (κ1) is 17.2. The van der Waals surface area contributed by atoms with Gasteiger partial charge in [-0.1, -0.05) is 12.1 Å². The maximum Gasteiger partial charge on any atom is 0.337 e. The molecule has 0 spiro atoms. The first-order valence-corrected chi connectivity index (χ1v) is 8.22. The van der Waals surface area contributed by atoms with Crippen LogP contribution in [0.3, 0.4) is 0 Å². The van der Waals surface area contributed by atoms with Gasteiger partial charge in [0.15, 0.2) is 0 Å². The molecule has 0 fully saturated rings. The van der Waals surface area contributed by atoms with E-state index in [1.807, 2.05) is 0 Å². The van der Waals surface area contributed by atoms with Crippen LogP contribution in [0.15, 0.2) is 41.3 Å². The number of hydrogen-bond donors (Lipinski definition) is 0. The van der Waals surface area contributed by atoms with Gasteiger partial charge in [-0.15, -0.1) is 0 Å². The van der Waals surface area contributed by atoms with Crippen LogP contribution in [0.25, 0.3) is 0 Å². The number of aromatic nitrogens is 1. The third-order valence-corrected chi connectivity index (χ3v) is 4.11. The summed E-state index contributed by atoms with van der Waals surface area (Å²) >= 11 is 0. The summed E-state index contributed by atoms with van der Waals surface area (Å²) in [5, 5.41) is 1.55. The molecule has 0 N–H and O–H groups in total. The smallest absolute Gasteiger partial charge is 0.337 e. The van der Waals surface area contributed by atoms with E-state index in [2.05, 4.69) is 0 Å². The number of carbonyl (C=O) groups is 1. The molecule has 1 aromatic heterocycles. The fourth-order valence-electron chi connectivity index (χ4n) is 2.61. The van der Waals surface area contributed by atoms with E-state index >= 15 is 0 Å². The van der Waals surface area contributed by atoms with Crippen LogP contribution in [0.5, 0.6) is 0 Å². The Balaban J connectivity index is 1.86. The van der Waals surface area contributed by atoms with Gasteiger partial charge in [0.2, 0.25) is 0 Å². The minimum Gasteiger partial charge on any atom is -0.340 e. The summed E-state index contributed by atoms with van der Waals surface area (Å²) in [6.45, 7) is 6.23. The molecule has 0 radical (unpaired) electrons. The molecule has 0 amide bonds. The van der Waals surface area contributed by atoms with Crippen molar-refractivity contribution in [3.8, 4) is 0 Å². The highest BCUT2D eigenvalue weighted by Gasteiger charge is 2.30. The van der Waals surface area contributed by atoms with Gasteiger partial charge in [0.1, 0.15) is 5.82 Å². The molecule has 6 heteroatoms. The molecule has 2 aromatic rings. The second-order valence-corrected chi connectivity index (χ2v) is 7.26. The molecule has 25 heavy (non-hydrogen) atoms. The summed E-state index contributed by atoms with van der Waals surface area (Å²) in [6.07, 6.45) is 2.35. The van der Waals surface area contributed by atoms with Gasteiger partial charge in [-0.05, 0) is 50.5 Å². The summed E-state index contributed by atoms with van der Waals surface area (Å²) in [4.78, 5) is 29.9. The summed E-state index contributed by atoms with van der Waals surface area (Å²) in [7, 11) is 0. The van der Waals surface area contributed by atoms with Crippen molar-refractivity contribution in [1.29, 1.82) is 0 Å². The monoisotopic (exact) mass is 344 g/mol. The Bertz CT molecular complexity index is 850. The van der Waals surface area contributed by atoms with Crippen LogP contribution < -0.4 is 10.6 Å². The number of pyridine rings is 1. The van der Waals surface area contributed by atoms with Crippen LogP contribution in [0, 0.1) is 11.2 Å². The molecule has 3 rings (SSSR count). The Kier molecular flexibility index (Phi) is 4.37. The molecule has 0 saturated carbocycles. The van der Waals surface area contributed by atoms with Crippen molar-refractivity contribution in [2.24, 2.45) is 5.41 Å². The van der Waals surface area contributed by atoms with Gasteiger partial charge in [0.05, 0.1) is 24.2 Å². The quantitative estimate of drug-likeness (QED) is 0.859. The molecule has 0 bridgehead atoms. The summed E-state index contributed by atoms with van der Waals surface area (Å²) in [5.74, 6) is -0.637.